The summed E-state index contributed by atoms with van der Waals surface area (Å²) >= 11 is 0. The van der Waals surface area contributed by atoms with E-state index in [2.05, 4.69) is 5.32 Å². The molecule has 0 aromatic rings. The van der Waals surface area contributed by atoms with Crippen LogP contribution in [-0.2, 0) is 19.0 Å². The van der Waals surface area contributed by atoms with Crippen molar-refractivity contribution in [1.82, 2.24) is 5.32 Å². The average molecular weight is 205 g/mol. The molecule has 0 radical (unpaired) electrons. The summed E-state index contributed by atoms with van der Waals surface area (Å²) in [7, 11) is 1.62. The molecule has 1 amide bonds. The lowest BCUT2D eigenvalue weighted by Crippen LogP contribution is -2.27. The van der Waals surface area contributed by atoms with Crippen LogP contribution in [0, 0.1) is 0 Å². The molecule has 84 valence electrons. The third-order valence-corrected chi connectivity index (χ3v) is 1.41. The van der Waals surface area contributed by atoms with Crippen LogP contribution in [0.2, 0.25) is 0 Å². The monoisotopic (exact) mass is 205 g/mol. The molecule has 5 nitrogen and oxygen atoms in total. The number of rotatable bonds is 9. The standard InChI is InChI=1S/C9H19NO4/c1-3-10-9(11)8-14-7-6-13-5-4-12-2/h3-8H2,1-2H3,(H,10,11). The third kappa shape index (κ3) is 9.44. The molecule has 0 fully saturated rings. The number of ether oxygens (including phenoxy) is 3. The van der Waals surface area contributed by atoms with Gasteiger partial charge in [-0.1, -0.05) is 0 Å². The van der Waals surface area contributed by atoms with Crippen LogP contribution in [0.4, 0.5) is 0 Å². The van der Waals surface area contributed by atoms with E-state index in [1.54, 1.807) is 7.11 Å². The fraction of sp³-hybridized carbons (Fsp3) is 0.889. The summed E-state index contributed by atoms with van der Waals surface area (Å²) in [6, 6.07) is 0. The number of amides is 1. The molecule has 5 heteroatoms. The van der Waals surface area contributed by atoms with E-state index in [1.165, 1.54) is 0 Å². The number of carbonyl (C=O) groups excluding carboxylic acids is 1. The van der Waals surface area contributed by atoms with Gasteiger partial charge in [0.2, 0.25) is 5.91 Å². The summed E-state index contributed by atoms with van der Waals surface area (Å²) in [6.07, 6.45) is 0. The number of methoxy groups -OCH3 is 1. The highest BCUT2D eigenvalue weighted by Crippen LogP contribution is 1.79. The number of carbonyl (C=O) groups is 1. The van der Waals surface area contributed by atoms with Crippen molar-refractivity contribution in [3.05, 3.63) is 0 Å². The van der Waals surface area contributed by atoms with Crippen LogP contribution >= 0.6 is 0 Å². The number of hydrogen-bond acceptors (Lipinski definition) is 4. The molecule has 0 aromatic carbocycles. The Morgan fingerprint density at radius 3 is 2.43 bits per heavy atom. The Balaban J connectivity index is 3.01. The van der Waals surface area contributed by atoms with Crippen molar-refractivity contribution in [1.29, 1.82) is 0 Å². The zero-order valence-corrected chi connectivity index (χ0v) is 8.88. The van der Waals surface area contributed by atoms with Crippen LogP contribution in [0.1, 0.15) is 6.92 Å². The predicted molar refractivity (Wildman–Crippen MR) is 52.2 cm³/mol. The summed E-state index contributed by atoms with van der Waals surface area (Å²) < 4.78 is 15.0. The highest BCUT2D eigenvalue weighted by atomic mass is 16.5. The van der Waals surface area contributed by atoms with Gasteiger partial charge in [-0.05, 0) is 6.92 Å². The summed E-state index contributed by atoms with van der Waals surface area (Å²) in [5.74, 6) is -0.0932. The van der Waals surface area contributed by atoms with Gasteiger partial charge < -0.3 is 19.5 Å². The first-order valence-electron chi connectivity index (χ1n) is 4.72. The van der Waals surface area contributed by atoms with Crippen LogP contribution in [-0.4, -0.2) is 52.6 Å². The van der Waals surface area contributed by atoms with Gasteiger partial charge in [-0.15, -0.1) is 0 Å². The minimum absolute atomic E-state index is 0.0932. The molecule has 0 aromatic heterocycles. The smallest absolute Gasteiger partial charge is 0.245 e. The Bertz CT molecular complexity index is 141. The molecule has 0 heterocycles. The van der Waals surface area contributed by atoms with Gasteiger partial charge in [-0.3, -0.25) is 4.79 Å². The van der Waals surface area contributed by atoms with Gasteiger partial charge in [0.25, 0.3) is 0 Å². The Labute approximate surface area is 84.7 Å². The second-order valence-corrected chi connectivity index (χ2v) is 2.61. The van der Waals surface area contributed by atoms with Gasteiger partial charge in [0, 0.05) is 13.7 Å². The SMILES string of the molecule is CCNC(=O)COCCOCCOC. The van der Waals surface area contributed by atoms with Crippen LogP contribution < -0.4 is 5.32 Å². The fourth-order valence-corrected chi connectivity index (χ4v) is 0.775. The normalized spacial score (nSPS) is 10.1. The Kier molecular flexibility index (Phi) is 9.95. The van der Waals surface area contributed by atoms with E-state index in [9.17, 15) is 4.79 Å². The number of likely N-dealkylation sites (N-methyl/N-ethyl adjacent to an activating group) is 1. The fourth-order valence-electron chi connectivity index (χ4n) is 0.775. The van der Waals surface area contributed by atoms with Gasteiger partial charge in [-0.2, -0.15) is 0 Å². The maximum atomic E-state index is 10.9. The zero-order chi connectivity index (χ0) is 10.6. The minimum atomic E-state index is -0.0932. The first-order valence-corrected chi connectivity index (χ1v) is 4.72. The highest BCUT2D eigenvalue weighted by molar-refractivity contribution is 5.77. The molecule has 0 aliphatic rings. The zero-order valence-electron chi connectivity index (χ0n) is 8.88. The lowest BCUT2D eigenvalue weighted by Gasteiger charge is -2.05. The molecular formula is C9H19NO4. The quantitative estimate of drug-likeness (QED) is 0.530. The third-order valence-electron chi connectivity index (χ3n) is 1.41. The van der Waals surface area contributed by atoms with Crippen molar-refractivity contribution in [2.24, 2.45) is 0 Å². The first-order chi connectivity index (χ1) is 6.81. The molecule has 0 spiro atoms. The average Bonchev–Trinajstić information content (AvgIpc) is 2.17. The molecule has 0 saturated heterocycles. The molecule has 0 aliphatic carbocycles. The topological polar surface area (TPSA) is 56.8 Å². The van der Waals surface area contributed by atoms with E-state index >= 15 is 0 Å². The molecule has 1 N–H and O–H groups in total. The van der Waals surface area contributed by atoms with E-state index in [-0.39, 0.29) is 12.5 Å². The predicted octanol–water partition coefficient (Wildman–Crippen LogP) is -0.198. The molecule has 0 saturated carbocycles. The molecule has 0 unspecified atom stereocenters. The van der Waals surface area contributed by atoms with E-state index in [0.717, 1.165) is 0 Å². The van der Waals surface area contributed by atoms with Crippen LogP contribution in [0.25, 0.3) is 0 Å². The van der Waals surface area contributed by atoms with Gasteiger partial charge >= 0.3 is 0 Å². The van der Waals surface area contributed by atoms with Gasteiger partial charge in [-0.25, -0.2) is 0 Å². The molecule has 0 rings (SSSR count). The Hall–Kier alpha value is -0.650. The molecule has 0 atom stereocenters. The summed E-state index contributed by atoms with van der Waals surface area (Å²) in [5.41, 5.74) is 0. The summed E-state index contributed by atoms with van der Waals surface area (Å²) in [4.78, 5) is 10.9. The highest BCUT2D eigenvalue weighted by Gasteiger charge is 1.97. The summed E-state index contributed by atoms with van der Waals surface area (Å²) in [6.45, 7) is 4.65. The van der Waals surface area contributed by atoms with Gasteiger partial charge in [0.1, 0.15) is 6.61 Å². The van der Waals surface area contributed by atoms with Crippen LogP contribution in [0.5, 0.6) is 0 Å². The van der Waals surface area contributed by atoms with Crippen LogP contribution in [0.15, 0.2) is 0 Å². The van der Waals surface area contributed by atoms with Crippen LogP contribution in [0.3, 0.4) is 0 Å². The van der Waals surface area contributed by atoms with Crippen molar-refractivity contribution in [3.8, 4) is 0 Å². The van der Waals surface area contributed by atoms with E-state index < -0.39 is 0 Å². The number of nitrogens with one attached hydrogen (secondary N) is 1. The minimum Gasteiger partial charge on any atom is -0.382 e. The molecule has 0 aliphatic heterocycles. The second kappa shape index (κ2) is 10.4. The van der Waals surface area contributed by atoms with Crippen molar-refractivity contribution in [3.63, 3.8) is 0 Å². The summed E-state index contributed by atoms with van der Waals surface area (Å²) in [5, 5.41) is 2.63. The van der Waals surface area contributed by atoms with Crippen molar-refractivity contribution < 1.29 is 19.0 Å². The van der Waals surface area contributed by atoms with Gasteiger partial charge in [0.05, 0.1) is 26.4 Å². The van der Waals surface area contributed by atoms with E-state index in [1.807, 2.05) is 6.92 Å². The van der Waals surface area contributed by atoms with Crippen molar-refractivity contribution in [2.45, 2.75) is 6.92 Å². The maximum absolute atomic E-state index is 10.9. The van der Waals surface area contributed by atoms with E-state index in [0.29, 0.717) is 33.0 Å². The number of hydrogen-bond donors (Lipinski definition) is 1. The van der Waals surface area contributed by atoms with Gasteiger partial charge in [0.15, 0.2) is 0 Å². The lowest BCUT2D eigenvalue weighted by atomic mass is 10.6. The molecule has 14 heavy (non-hydrogen) atoms. The second-order valence-electron chi connectivity index (χ2n) is 2.61. The first kappa shape index (κ1) is 13.4. The Morgan fingerprint density at radius 2 is 1.79 bits per heavy atom. The van der Waals surface area contributed by atoms with Crippen molar-refractivity contribution >= 4 is 5.91 Å². The van der Waals surface area contributed by atoms with E-state index in [4.69, 9.17) is 14.2 Å². The molecule has 0 bridgehead atoms. The largest absolute Gasteiger partial charge is 0.382 e. The molecular weight excluding hydrogens is 186 g/mol. The maximum Gasteiger partial charge on any atom is 0.245 e. The Morgan fingerprint density at radius 1 is 1.14 bits per heavy atom. The lowest BCUT2D eigenvalue weighted by molar-refractivity contribution is -0.126. The van der Waals surface area contributed by atoms with Crippen molar-refractivity contribution in [2.75, 3.05) is 46.7 Å².